The summed E-state index contributed by atoms with van der Waals surface area (Å²) in [5, 5.41) is 3.09. The number of hydrogen-bond acceptors (Lipinski definition) is 3. The molecule has 0 radical (unpaired) electrons. The van der Waals surface area contributed by atoms with Crippen LogP contribution in [-0.4, -0.2) is 33.3 Å². The van der Waals surface area contributed by atoms with Gasteiger partial charge in [0.25, 0.3) is 0 Å². The second-order valence-corrected chi connectivity index (χ2v) is 9.81. The maximum atomic E-state index is 13.2. The number of nitrogens with one attached hydrogen (secondary N) is 1. The molecule has 39 heavy (non-hydrogen) atoms. The van der Waals surface area contributed by atoms with E-state index in [0.717, 1.165) is 33.3 Å². The number of imidazole rings is 1. The molecule has 0 saturated carbocycles. The molecule has 0 aliphatic heterocycles. The minimum Gasteiger partial charge on any atom is -0.346 e. The van der Waals surface area contributed by atoms with E-state index in [1.807, 2.05) is 116 Å². The molecule has 1 unspecified atom stereocenters. The topological polar surface area (TPSA) is 67.2 Å². The molecule has 0 bridgehead atoms. The van der Waals surface area contributed by atoms with Crippen molar-refractivity contribution in [3.8, 4) is 11.1 Å². The van der Waals surface area contributed by atoms with Crippen LogP contribution in [0, 0.1) is 0 Å². The Balaban J connectivity index is 1.28. The summed E-state index contributed by atoms with van der Waals surface area (Å²) in [4.78, 5) is 32.7. The van der Waals surface area contributed by atoms with Gasteiger partial charge in [0.1, 0.15) is 12.4 Å². The van der Waals surface area contributed by atoms with Gasteiger partial charge in [-0.3, -0.25) is 9.59 Å². The molecule has 196 valence electrons. The van der Waals surface area contributed by atoms with Crippen LogP contribution in [0.15, 0.2) is 109 Å². The van der Waals surface area contributed by atoms with Crippen LogP contribution in [0.5, 0.6) is 0 Å². The third kappa shape index (κ3) is 6.24. The van der Waals surface area contributed by atoms with Crippen molar-refractivity contribution >= 4 is 22.8 Å². The van der Waals surface area contributed by atoms with Gasteiger partial charge in [0.2, 0.25) is 11.8 Å². The van der Waals surface area contributed by atoms with Crippen LogP contribution in [-0.2, 0) is 29.1 Å². The Labute approximate surface area is 228 Å². The SMILES string of the molecule is CC(NC(=O)Cc1ccc(-c2ccccc2)cc1)c1nc2ccccc2n1CC(=O)N(C)Cc1ccccc1. The van der Waals surface area contributed by atoms with Crippen molar-refractivity contribution in [2.75, 3.05) is 7.05 Å². The summed E-state index contributed by atoms with van der Waals surface area (Å²) in [6, 6.07) is 35.5. The first-order chi connectivity index (χ1) is 19.0. The molecule has 2 amide bonds. The van der Waals surface area contributed by atoms with Crippen LogP contribution in [0.1, 0.15) is 29.9 Å². The lowest BCUT2D eigenvalue weighted by atomic mass is 10.0. The zero-order chi connectivity index (χ0) is 27.2. The lowest BCUT2D eigenvalue weighted by Crippen LogP contribution is -2.33. The summed E-state index contributed by atoms with van der Waals surface area (Å²) in [5.74, 6) is 0.534. The maximum absolute atomic E-state index is 13.2. The van der Waals surface area contributed by atoms with Gasteiger partial charge in [-0.25, -0.2) is 4.98 Å². The van der Waals surface area contributed by atoms with Gasteiger partial charge in [0, 0.05) is 13.6 Å². The van der Waals surface area contributed by atoms with E-state index in [1.54, 1.807) is 4.90 Å². The van der Waals surface area contributed by atoms with Gasteiger partial charge in [-0.1, -0.05) is 97.1 Å². The summed E-state index contributed by atoms with van der Waals surface area (Å²) in [6.07, 6.45) is 0.262. The van der Waals surface area contributed by atoms with Crippen molar-refractivity contribution in [1.29, 1.82) is 0 Å². The number of hydrogen-bond donors (Lipinski definition) is 1. The highest BCUT2D eigenvalue weighted by Gasteiger charge is 2.21. The van der Waals surface area contributed by atoms with Gasteiger partial charge in [-0.2, -0.15) is 0 Å². The normalized spacial score (nSPS) is 11.7. The zero-order valence-corrected chi connectivity index (χ0v) is 22.2. The number of carbonyl (C=O) groups excluding carboxylic acids is 2. The highest BCUT2D eigenvalue weighted by molar-refractivity contribution is 5.82. The molecule has 0 spiro atoms. The van der Waals surface area contributed by atoms with Crippen LogP contribution in [0.3, 0.4) is 0 Å². The average molecular weight is 517 g/mol. The third-order valence-corrected chi connectivity index (χ3v) is 6.86. The van der Waals surface area contributed by atoms with E-state index in [2.05, 4.69) is 17.4 Å². The Hall–Kier alpha value is -4.71. The molecule has 0 aliphatic rings. The number of nitrogens with zero attached hydrogens (tertiary/aromatic N) is 3. The Kier molecular flexibility index (Phi) is 7.83. The van der Waals surface area contributed by atoms with E-state index in [-0.39, 0.29) is 30.8 Å². The van der Waals surface area contributed by atoms with Gasteiger partial charge in [0.15, 0.2) is 0 Å². The van der Waals surface area contributed by atoms with E-state index in [1.165, 1.54) is 0 Å². The van der Waals surface area contributed by atoms with Crippen LogP contribution in [0.25, 0.3) is 22.2 Å². The summed E-state index contributed by atoms with van der Waals surface area (Å²) < 4.78 is 1.92. The molecule has 0 fully saturated rings. The van der Waals surface area contributed by atoms with Crippen molar-refractivity contribution in [3.05, 3.63) is 126 Å². The standard InChI is InChI=1S/C33H32N4O2/c1-24(34-31(38)21-25-17-19-28(20-18-25)27-13-7-4-8-14-27)33-35-29-15-9-10-16-30(29)37(33)23-32(39)36(2)22-26-11-5-3-6-12-26/h3-20,24H,21-23H2,1-2H3,(H,34,38). The van der Waals surface area contributed by atoms with Gasteiger partial charge >= 0.3 is 0 Å². The highest BCUT2D eigenvalue weighted by atomic mass is 16.2. The van der Waals surface area contributed by atoms with Crippen LogP contribution >= 0.6 is 0 Å². The van der Waals surface area contributed by atoms with Gasteiger partial charge in [0.05, 0.1) is 23.5 Å². The minimum absolute atomic E-state index is 0.0275. The van der Waals surface area contributed by atoms with Crippen molar-refractivity contribution in [2.24, 2.45) is 0 Å². The quantitative estimate of drug-likeness (QED) is 0.270. The molecular weight excluding hydrogens is 484 g/mol. The fourth-order valence-corrected chi connectivity index (χ4v) is 4.78. The number of fused-ring (bicyclic) bond motifs is 1. The highest BCUT2D eigenvalue weighted by Crippen LogP contribution is 2.22. The minimum atomic E-state index is -0.374. The fourth-order valence-electron chi connectivity index (χ4n) is 4.78. The lowest BCUT2D eigenvalue weighted by molar-refractivity contribution is -0.131. The van der Waals surface area contributed by atoms with Crippen molar-refractivity contribution in [3.63, 3.8) is 0 Å². The largest absolute Gasteiger partial charge is 0.346 e. The fraction of sp³-hybridized carbons (Fsp3) is 0.182. The first kappa shape index (κ1) is 25.9. The molecule has 6 nitrogen and oxygen atoms in total. The molecule has 1 N–H and O–H groups in total. The number of benzene rings is 4. The molecule has 1 atom stereocenters. The molecule has 5 aromatic rings. The van der Waals surface area contributed by atoms with Crippen LogP contribution < -0.4 is 5.32 Å². The van der Waals surface area contributed by atoms with E-state index in [4.69, 9.17) is 4.98 Å². The Morgan fingerprint density at radius 3 is 2.13 bits per heavy atom. The van der Waals surface area contributed by atoms with E-state index < -0.39 is 0 Å². The molecule has 1 heterocycles. The van der Waals surface area contributed by atoms with Crippen LogP contribution in [0.2, 0.25) is 0 Å². The molecule has 0 aliphatic carbocycles. The van der Waals surface area contributed by atoms with E-state index in [0.29, 0.717) is 12.4 Å². The number of aromatic nitrogens is 2. The summed E-state index contributed by atoms with van der Waals surface area (Å²) in [6.45, 7) is 2.57. The summed E-state index contributed by atoms with van der Waals surface area (Å²) in [5.41, 5.74) is 5.93. The van der Waals surface area contributed by atoms with E-state index >= 15 is 0 Å². The first-order valence-electron chi connectivity index (χ1n) is 13.1. The number of amides is 2. The molecular formula is C33H32N4O2. The van der Waals surface area contributed by atoms with Gasteiger partial charge < -0.3 is 14.8 Å². The monoisotopic (exact) mass is 516 g/mol. The Morgan fingerprint density at radius 1 is 0.795 bits per heavy atom. The number of carbonyl (C=O) groups is 2. The average Bonchev–Trinajstić information content (AvgIpc) is 3.33. The first-order valence-corrected chi connectivity index (χ1v) is 13.1. The van der Waals surface area contributed by atoms with Crippen molar-refractivity contribution < 1.29 is 9.59 Å². The van der Waals surface area contributed by atoms with Gasteiger partial charge in [-0.15, -0.1) is 0 Å². The Bertz CT molecular complexity index is 1560. The number of likely N-dealkylation sites (N-methyl/N-ethyl adjacent to an activating group) is 1. The maximum Gasteiger partial charge on any atom is 0.242 e. The lowest BCUT2D eigenvalue weighted by Gasteiger charge is -2.20. The molecule has 5 rings (SSSR count). The number of rotatable bonds is 9. The van der Waals surface area contributed by atoms with Gasteiger partial charge in [-0.05, 0) is 41.3 Å². The predicted octanol–water partition coefficient (Wildman–Crippen LogP) is 5.78. The molecule has 4 aromatic carbocycles. The zero-order valence-electron chi connectivity index (χ0n) is 22.2. The third-order valence-electron chi connectivity index (χ3n) is 6.86. The Morgan fingerprint density at radius 2 is 1.41 bits per heavy atom. The summed E-state index contributed by atoms with van der Waals surface area (Å²) >= 11 is 0. The predicted molar refractivity (Wildman–Crippen MR) is 155 cm³/mol. The number of para-hydroxylation sites is 2. The van der Waals surface area contributed by atoms with Crippen molar-refractivity contribution in [1.82, 2.24) is 19.8 Å². The molecule has 0 saturated heterocycles. The second-order valence-electron chi connectivity index (χ2n) is 9.81. The molecule has 1 aromatic heterocycles. The van der Waals surface area contributed by atoms with Crippen molar-refractivity contribution in [2.45, 2.75) is 32.5 Å². The van der Waals surface area contributed by atoms with E-state index in [9.17, 15) is 9.59 Å². The smallest absolute Gasteiger partial charge is 0.242 e. The molecule has 6 heteroatoms. The second kappa shape index (κ2) is 11.8. The van der Waals surface area contributed by atoms with Crippen LogP contribution in [0.4, 0.5) is 0 Å². The summed E-state index contributed by atoms with van der Waals surface area (Å²) in [7, 11) is 1.81.